The fourth-order valence-electron chi connectivity index (χ4n) is 6.97. The number of methoxy groups -OCH3 is 1. The van der Waals surface area contributed by atoms with Crippen LogP contribution in [0.15, 0.2) is 66.7 Å². The second kappa shape index (κ2) is 20.2. The van der Waals surface area contributed by atoms with Gasteiger partial charge in [0.2, 0.25) is 5.91 Å². The minimum Gasteiger partial charge on any atom is -0.492 e. The van der Waals surface area contributed by atoms with Gasteiger partial charge in [0.25, 0.3) is 5.91 Å². The fraction of sp³-hybridized carbons (Fsp3) is 0.500. The van der Waals surface area contributed by atoms with Gasteiger partial charge in [-0.05, 0) is 67.6 Å². The molecule has 0 aliphatic carbocycles. The highest BCUT2D eigenvalue weighted by Crippen LogP contribution is 2.46. The first-order valence-electron chi connectivity index (χ1n) is 18.7. The monoisotopic (exact) mass is 783 g/mol. The van der Waals surface area contributed by atoms with E-state index in [-0.39, 0.29) is 48.1 Å². The number of piperidine rings is 1. The van der Waals surface area contributed by atoms with Crippen molar-refractivity contribution in [2.24, 2.45) is 5.41 Å². The first-order chi connectivity index (χ1) is 25.4. The molecule has 0 radical (unpaired) electrons. The number of aryl methyl sites for hydroxylation is 1. The molecule has 0 saturated carbocycles. The average molecular weight is 785 g/mol. The van der Waals surface area contributed by atoms with E-state index >= 15 is 0 Å². The maximum Gasteiger partial charge on any atom is 0.302 e. The summed E-state index contributed by atoms with van der Waals surface area (Å²) in [5.74, 6) is 0.238. The number of benzene rings is 3. The van der Waals surface area contributed by atoms with Gasteiger partial charge in [0.15, 0.2) is 11.5 Å². The minimum atomic E-state index is -1.09. The Morgan fingerprint density at radius 3 is 2.37 bits per heavy atom. The Balaban J connectivity index is 0.00000650. The number of carbonyl (C=O) groups is 3. The number of nitrogens with zero attached hydrogens (tertiary/aromatic N) is 2. The zero-order valence-electron chi connectivity index (χ0n) is 32.1. The number of para-hydroxylation sites is 1. The van der Waals surface area contributed by atoms with Crippen LogP contribution in [0.1, 0.15) is 82.6 Å². The molecule has 294 valence electrons. The highest BCUT2D eigenvalue weighted by molar-refractivity contribution is 6.30. The van der Waals surface area contributed by atoms with Crippen molar-refractivity contribution in [1.29, 1.82) is 0 Å². The molecular formula is C42H55Cl2N3O7. The summed E-state index contributed by atoms with van der Waals surface area (Å²) in [6.07, 6.45) is 1.73. The number of hydrogen-bond acceptors (Lipinski definition) is 8. The molecule has 0 spiro atoms. The second-order valence-corrected chi connectivity index (χ2v) is 15.4. The van der Waals surface area contributed by atoms with E-state index in [0.29, 0.717) is 72.4 Å². The Morgan fingerprint density at radius 1 is 0.963 bits per heavy atom. The number of rotatable bonds is 15. The number of hydrogen-bond donors (Lipinski definition) is 1. The number of anilines is 1. The molecule has 2 heterocycles. The molecule has 1 fully saturated rings. The van der Waals surface area contributed by atoms with Crippen molar-refractivity contribution in [1.82, 2.24) is 10.2 Å². The lowest BCUT2D eigenvalue weighted by molar-refractivity contribution is -0.151. The molecule has 2 aliphatic rings. The third-order valence-corrected chi connectivity index (χ3v) is 9.67. The van der Waals surface area contributed by atoms with Crippen LogP contribution in [0.25, 0.3) is 0 Å². The summed E-state index contributed by atoms with van der Waals surface area (Å²) in [6, 6.07) is 21.6. The van der Waals surface area contributed by atoms with Gasteiger partial charge in [-0.3, -0.25) is 14.4 Å². The van der Waals surface area contributed by atoms with Crippen LogP contribution in [-0.2, 0) is 30.3 Å². The third-order valence-electron chi connectivity index (χ3n) is 9.44. The van der Waals surface area contributed by atoms with E-state index in [0.717, 1.165) is 32.4 Å². The van der Waals surface area contributed by atoms with Crippen LogP contribution in [0.4, 0.5) is 5.69 Å². The van der Waals surface area contributed by atoms with Gasteiger partial charge in [-0.25, -0.2) is 0 Å². The lowest BCUT2D eigenvalue weighted by Crippen LogP contribution is -2.47. The number of ether oxygens (including phenoxy) is 4. The Kier molecular flexibility index (Phi) is 16.0. The van der Waals surface area contributed by atoms with Crippen LogP contribution in [-0.4, -0.2) is 81.3 Å². The summed E-state index contributed by atoms with van der Waals surface area (Å²) in [4.78, 5) is 43.2. The van der Waals surface area contributed by atoms with E-state index in [4.69, 9.17) is 30.5 Å². The van der Waals surface area contributed by atoms with Gasteiger partial charge in [-0.15, -0.1) is 12.4 Å². The van der Waals surface area contributed by atoms with Crippen LogP contribution in [0.5, 0.6) is 11.5 Å². The van der Waals surface area contributed by atoms with E-state index in [1.54, 1.807) is 23.0 Å². The van der Waals surface area contributed by atoms with Crippen LogP contribution in [0.2, 0.25) is 5.02 Å². The quantitative estimate of drug-likeness (QED) is 0.124. The largest absolute Gasteiger partial charge is 0.492 e. The molecule has 54 heavy (non-hydrogen) atoms. The van der Waals surface area contributed by atoms with Gasteiger partial charge in [0.05, 0.1) is 20.1 Å². The van der Waals surface area contributed by atoms with Crippen molar-refractivity contribution < 1.29 is 33.3 Å². The highest BCUT2D eigenvalue weighted by atomic mass is 35.5. The van der Waals surface area contributed by atoms with Crippen LogP contribution >= 0.6 is 24.0 Å². The number of esters is 1. The topological polar surface area (TPSA) is 107 Å². The summed E-state index contributed by atoms with van der Waals surface area (Å²) in [6.45, 7) is 11.1. The van der Waals surface area contributed by atoms with E-state index in [2.05, 4.69) is 50.4 Å². The number of nitrogens with one attached hydrogen (secondary N) is 1. The van der Waals surface area contributed by atoms with Crippen LogP contribution in [0.3, 0.4) is 0 Å². The standard InChI is InChI=1S/C42H54ClN3O7.ClH/c1-29(47)52-32-19-23-45(24-20-32)38(48)27-37-41(49)46(28-42(2,3)4)35-18-17-31(43)26-34(35)39(53-37)33-15-9-16-36(40(33)50-5)51-25-11-22-44-21-10-14-30-12-7-6-8-13-30;/h6-9,12-13,15-18,26,32,37,39,44H,10-11,14,19-25,27-28H2,1-5H3;1H. The molecule has 5 rings (SSSR count). The predicted molar refractivity (Wildman–Crippen MR) is 214 cm³/mol. The van der Waals surface area contributed by atoms with Gasteiger partial charge >= 0.3 is 5.97 Å². The molecular weight excluding hydrogens is 729 g/mol. The summed E-state index contributed by atoms with van der Waals surface area (Å²) in [7, 11) is 1.59. The van der Waals surface area contributed by atoms with E-state index in [9.17, 15) is 14.4 Å². The molecule has 1 N–H and O–H groups in total. The molecule has 12 heteroatoms. The Bertz CT molecular complexity index is 1690. The third kappa shape index (κ3) is 11.8. The van der Waals surface area contributed by atoms with Crippen molar-refractivity contribution in [3.8, 4) is 11.5 Å². The molecule has 2 atom stereocenters. The Hall–Kier alpha value is -3.83. The van der Waals surface area contributed by atoms with Crippen molar-refractivity contribution in [3.05, 3.63) is 88.4 Å². The van der Waals surface area contributed by atoms with Crippen LogP contribution in [0, 0.1) is 5.41 Å². The van der Waals surface area contributed by atoms with Crippen molar-refractivity contribution >= 4 is 47.5 Å². The molecule has 10 nitrogen and oxygen atoms in total. The SMILES string of the molecule is COc1c(OCCCNCCCc2ccccc2)cccc1C1OC(CC(=O)N2CCC(OC(C)=O)CC2)C(=O)N(CC(C)(C)C)c2ccc(Cl)cc21.Cl. The van der Waals surface area contributed by atoms with Crippen molar-refractivity contribution in [2.75, 3.05) is 51.3 Å². The van der Waals surface area contributed by atoms with E-state index in [1.165, 1.54) is 12.5 Å². The Morgan fingerprint density at radius 2 is 1.69 bits per heavy atom. The summed E-state index contributed by atoms with van der Waals surface area (Å²) < 4.78 is 24.4. The van der Waals surface area contributed by atoms with Gasteiger partial charge in [0, 0.05) is 61.2 Å². The highest BCUT2D eigenvalue weighted by Gasteiger charge is 2.41. The normalized spacial score (nSPS) is 17.6. The molecule has 0 aromatic heterocycles. The van der Waals surface area contributed by atoms with Gasteiger partial charge in [-0.2, -0.15) is 0 Å². The number of halogens is 2. The molecule has 2 unspecified atom stereocenters. The number of carbonyl (C=O) groups excluding carboxylic acids is 3. The van der Waals surface area contributed by atoms with Crippen molar-refractivity contribution in [3.63, 3.8) is 0 Å². The minimum absolute atomic E-state index is 0. The van der Waals surface area contributed by atoms with E-state index in [1.807, 2.05) is 36.4 Å². The first-order valence-corrected chi connectivity index (χ1v) is 19.1. The first kappa shape index (κ1) is 42.9. The maximum atomic E-state index is 14.5. The Labute approximate surface area is 331 Å². The molecule has 1 saturated heterocycles. The lowest BCUT2D eigenvalue weighted by atomic mass is 9.94. The van der Waals surface area contributed by atoms with Crippen molar-refractivity contribution in [2.45, 2.75) is 84.5 Å². The second-order valence-electron chi connectivity index (χ2n) is 15.0. The zero-order valence-corrected chi connectivity index (χ0v) is 33.7. The predicted octanol–water partition coefficient (Wildman–Crippen LogP) is 7.57. The molecule has 3 aromatic carbocycles. The molecule has 3 aromatic rings. The van der Waals surface area contributed by atoms with Gasteiger partial charge < -0.3 is 34.1 Å². The van der Waals surface area contributed by atoms with E-state index < -0.39 is 12.2 Å². The molecule has 0 bridgehead atoms. The summed E-state index contributed by atoms with van der Waals surface area (Å²) in [5, 5.41) is 4.00. The smallest absolute Gasteiger partial charge is 0.302 e. The van der Waals surface area contributed by atoms with Gasteiger partial charge in [-0.1, -0.05) is 74.8 Å². The fourth-order valence-corrected chi connectivity index (χ4v) is 7.15. The van der Waals surface area contributed by atoms with Gasteiger partial charge in [0.1, 0.15) is 18.3 Å². The molecule has 2 aliphatic heterocycles. The number of fused-ring (bicyclic) bond motifs is 1. The maximum absolute atomic E-state index is 14.5. The molecule has 2 amide bonds. The number of likely N-dealkylation sites (tertiary alicyclic amines) is 1. The number of amides is 2. The lowest BCUT2D eigenvalue weighted by Gasteiger charge is -2.33. The summed E-state index contributed by atoms with van der Waals surface area (Å²) >= 11 is 6.62. The summed E-state index contributed by atoms with van der Waals surface area (Å²) in [5.41, 5.74) is 3.11. The van der Waals surface area contributed by atoms with Crippen LogP contribution < -0.4 is 19.7 Å². The zero-order chi connectivity index (χ0) is 38.0. The average Bonchev–Trinajstić information content (AvgIpc) is 3.22.